The molecule has 0 amide bonds. The van der Waals surface area contributed by atoms with Gasteiger partial charge in [0.1, 0.15) is 24.2 Å². The Morgan fingerprint density at radius 3 is 2.68 bits per heavy atom. The minimum absolute atomic E-state index is 0.255. The molecule has 2 aliphatic rings. The molecule has 8 heteroatoms. The molecule has 6 rings (SSSR count). The van der Waals surface area contributed by atoms with Crippen LogP contribution in [0, 0.1) is 6.92 Å². The van der Waals surface area contributed by atoms with Gasteiger partial charge in [0.05, 0.1) is 19.9 Å². The van der Waals surface area contributed by atoms with E-state index in [4.69, 9.17) is 14.2 Å². The van der Waals surface area contributed by atoms with Gasteiger partial charge in [0, 0.05) is 29.1 Å². The number of methoxy groups -OCH3 is 2. The Balaban J connectivity index is 1.62. The van der Waals surface area contributed by atoms with Crippen molar-refractivity contribution in [3.63, 3.8) is 0 Å². The molecule has 2 aromatic heterocycles. The van der Waals surface area contributed by atoms with E-state index < -0.39 is 6.10 Å². The molecule has 8 nitrogen and oxygen atoms in total. The number of aryl methyl sites for hydroxylation is 1. The van der Waals surface area contributed by atoms with Crippen molar-refractivity contribution in [2.45, 2.75) is 19.1 Å². The van der Waals surface area contributed by atoms with E-state index in [1.807, 2.05) is 41.2 Å². The van der Waals surface area contributed by atoms with E-state index in [0.29, 0.717) is 17.4 Å². The molecule has 0 unspecified atom stereocenters. The third-order valence-electron chi connectivity index (χ3n) is 6.28. The monoisotopic (exact) mass is 453 g/mol. The second-order valence-electron chi connectivity index (χ2n) is 8.28. The van der Waals surface area contributed by atoms with Crippen LogP contribution in [-0.2, 0) is 0 Å². The Hall–Kier alpha value is -4.33. The maximum absolute atomic E-state index is 6.68. The fourth-order valence-electron chi connectivity index (χ4n) is 4.73. The number of pyridine rings is 1. The molecule has 2 aliphatic heterocycles. The molecule has 1 N–H and O–H groups in total. The van der Waals surface area contributed by atoms with Crippen molar-refractivity contribution in [2.75, 3.05) is 19.5 Å². The second kappa shape index (κ2) is 7.91. The SMILES string of the molecule is COc1ccc([C@@H]2Oc3ccc(C)cc3C3=C2[C@@H](c2cccnc2)n2ncnc2N3)cc1OC. The van der Waals surface area contributed by atoms with Gasteiger partial charge in [-0.05, 0) is 42.8 Å². The lowest BCUT2D eigenvalue weighted by molar-refractivity contribution is 0.222. The highest BCUT2D eigenvalue weighted by Crippen LogP contribution is 2.51. The van der Waals surface area contributed by atoms with Gasteiger partial charge in [0.25, 0.3) is 0 Å². The first-order valence-electron chi connectivity index (χ1n) is 11.0. The van der Waals surface area contributed by atoms with Gasteiger partial charge in [-0.3, -0.25) is 4.98 Å². The van der Waals surface area contributed by atoms with E-state index in [1.165, 1.54) is 0 Å². The van der Waals surface area contributed by atoms with E-state index in [2.05, 4.69) is 45.5 Å². The van der Waals surface area contributed by atoms with Crippen LogP contribution >= 0.6 is 0 Å². The van der Waals surface area contributed by atoms with Crippen molar-refractivity contribution in [3.05, 3.63) is 95.1 Å². The van der Waals surface area contributed by atoms with Crippen molar-refractivity contribution in [1.29, 1.82) is 0 Å². The van der Waals surface area contributed by atoms with Gasteiger partial charge in [0.15, 0.2) is 11.5 Å². The topological polar surface area (TPSA) is 83.3 Å². The Morgan fingerprint density at radius 2 is 1.88 bits per heavy atom. The fourth-order valence-corrected chi connectivity index (χ4v) is 4.73. The normalized spacial score (nSPS) is 18.2. The Labute approximate surface area is 196 Å². The lowest BCUT2D eigenvalue weighted by Crippen LogP contribution is -2.32. The summed E-state index contributed by atoms with van der Waals surface area (Å²) in [5, 5.41) is 8.07. The van der Waals surface area contributed by atoms with Gasteiger partial charge in [-0.25, -0.2) is 4.68 Å². The highest BCUT2D eigenvalue weighted by Gasteiger charge is 2.41. The molecule has 0 radical (unpaired) electrons. The number of aromatic nitrogens is 4. The third kappa shape index (κ3) is 3.10. The summed E-state index contributed by atoms with van der Waals surface area (Å²) in [7, 11) is 3.26. The number of rotatable bonds is 4. The number of ether oxygens (including phenoxy) is 3. The predicted molar refractivity (Wildman–Crippen MR) is 127 cm³/mol. The van der Waals surface area contributed by atoms with Gasteiger partial charge < -0.3 is 19.5 Å². The van der Waals surface area contributed by atoms with Crippen molar-refractivity contribution >= 4 is 11.6 Å². The standard InChI is InChI=1S/C26H23N5O3/c1-15-6-8-19-18(11-15)23-22(25(34-19)16-7-9-20(32-2)21(12-16)33-3)24(17-5-4-10-27-13-17)31-26(30-23)28-14-29-31/h4-14,24-25H,1-3H3,(H,28,29,30)/t24-,25+/m1/s1. The minimum atomic E-state index is -0.403. The van der Waals surface area contributed by atoms with Crippen LogP contribution in [0.15, 0.2) is 72.8 Å². The minimum Gasteiger partial charge on any atom is -0.493 e. The molecule has 2 aromatic carbocycles. The van der Waals surface area contributed by atoms with Crippen LogP contribution in [0.3, 0.4) is 0 Å². The van der Waals surface area contributed by atoms with Crippen LogP contribution in [-0.4, -0.2) is 34.0 Å². The molecule has 4 aromatic rings. The van der Waals surface area contributed by atoms with E-state index in [1.54, 1.807) is 26.7 Å². The lowest BCUT2D eigenvalue weighted by Gasteiger charge is -2.39. The molecular weight excluding hydrogens is 430 g/mol. The van der Waals surface area contributed by atoms with Gasteiger partial charge in [-0.1, -0.05) is 23.8 Å². The van der Waals surface area contributed by atoms with Gasteiger partial charge in [-0.15, -0.1) is 0 Å². The van der Waals surface area contributed by atoms with Crippen LogP contribution in [0.4, 0.5) is 5.95 Å². The first-order valence-corrected chi connectivity index (χ1v) is 11.0. The highest BCUT2D eigenvalue weighted by atomic mass is 16.5. The molecule has 34 heavy (non-hydrogen) atoms. The van der Waals surface area contributed by atoms with Crippen LogP contribution in [0.2, 0.25) is 0 Å². The molecule has 0 fully saturated rings. The van der Waals surface area contributed by atoms with Crippen molar-refractivity contribution in [3.8, 4) is 17.2 Å². The van der Waals surface area contributed by atoms with Crippen molar-refractivity contribution in [1.82, 2.24) is 19.7 Å². The Kier molecular flexibility index (Phi) is 4.72. The number of hydrogen-bond donors (Lipinski definition) is 1. The van der Waals surface area contributed by atoms with Crippen LogP contribution < -0.4 is 19.5 Å². The van der Waals surface area contributed by atoms with Crippen LogP contribution in [0.1, 0.15) is 34.4 Å². The molecule has 4 heterocycles. The molecule has 2 atom stereocenters. The number of fused-ring (bicyclic) bond motifs is 3. The maximum Gasteiger partial charge on any atom is 0.226 e. The van der Waals surface area contributed by atoms with Crippen LogP contribution in [0.5, 0.6) is 17.2 Å². The van der Waals surface area contributed by atoms with Crippen molar-refractivity contribution < 1.29 is 14.2 Å². The van der Waals surface area contributed by atoms with E-state index >= 15 is 0 Å². The lowest BCUT2D eigenvalue weighted by atomic mass is 9.84. The smallest absolute Gasteiger partial charge is 0.226 e. The van der Waals surface area contributed by atoms with Gasteiger partial charge in [0.2, 0.25) is 5.95 Å². The van der Waals surface area contributed by atoms with Crippen molar-refractivity contribution in [2.24, 2.45) is 0 Å². The fraction of sp³-hybridized carbons (Fsp3) is 0.192. The van der Waals surface area contributed by atoms with E-state index in [0.717, 1.165) is 39.3 Å². The average molecular weight is 454 g/mol. The third-order valence-corrected chi connectivity index (χ3v) is 6.28. The summed E-state index contributed by atoms with van der Waals surface area (Å²) in [5.74, 6) is 2.78. The summed E-state index contributed by atoms with van der Waals surface area (Å²) in [6, 6.07) is 15.8. The molecule has 0 saturated carbocycles. The Morgan fingerprint density at radius 1 is 1.00 bits per heavy atom. The number of hydrogen-bond acceptors (Lipinski definition) is 7. The first kappa shape index (κ1) is 20.3. The van der Waals surface area contributed by atoms with E-state index in [-0.39, 0.29) is 6.04 Å². The predicted octanol–water partition coefficient (Wildman–Crippen LogP) is 4.56. The maximum atomic E-state index is 6.68. The van der Waals surface area contributed by atoms with Gasteiger partial charge >= 0.3 is 0 Å². The molecule has 0 saturated heterocycles. The number of nitrogens with one attached hydrogen (secondary N) is 1. The highest BCUT2D eigenvalue weighted by molar-refractivity contribution is 5.85. The summed E-state index contributed by atoms with van der Waals surface area (Å²) in [4.78, 5) is 8.85. The zero-order valence-electron chi connectivity index (χ0n) is 19.0. The molecule has 0 bridgehead atoms. The Bertz CT molecular complexity index is 1410. The summed E-state index contributed by atoms with van der Waals surface area (Å²) >= 11 is 0. The number of benzene rings is 2. The zero-order valence-corrected chi connectivity index (χ0v) is 19.0. The average Bonchev–Trinajstić information content (AvgIpc) is 3.35. The summed E-state index contributed by atoms with van der Waals surface area (Å²) in [5.41, 5.74) is 6.07. The summed E-state index contributed by atoms with van der Waals surface area (Å²) in [6.07, 6.45) is 4.79. The summed E-state index contributed by atoms with van der Waals surface area (Å²) < 4.78 is 19.6. The largest absolute Gasteiger partial charge is 0.493 e. The zero-order chi connectivity index (χ0) is 23.2. The van der Waals surface area contributed by atoms with Gasteiger partial charge in [-0.2, -0.15) is 10.1 Å². The quantitative estimate of drug-likeness (QED) is 0.485. The summed E-state index contributed by atoms with van der Waals surface area (Å²) in [6.45, 7) is 2.07. The second-order valence-corrected chi connectivity index (χ2v) is 8.28. The molecule has 170 valence electrons. The number of nitrogens with zero attached hydrogens (tertiary/aromatic N) is 4. The number of anilines is 1. The molecular formula is C26H23N5O3. The first-order chi connectivity index (χ1) is 16.7. The van der Waals surface area contributed by atoms with Crippen LogP contribution in [0.25, 0.3) is 5.70 Å². The van der Waals surface area contributed by atoms with E-state index in [9.17, 15) is 0 Å². The molecule has 0 spiro atoms. The molecule has 0 aliphatic carbocycles.